The molecule has 0 aliphatic rings. The van der Waals surface area contributed by atoms with Crippen LogP contribution in [0, 0.1) is 0 Å². The van der Waals surface area contributed by atoms with Gasteiger partial charge in [0.05, 0.1) is 28.6 Å². The number of halogens is 1. The Bertz CT molecular complexity index is 936. The van der Waals surface area contributed by atoms with Crippen LogP contribution in [-0.2, 0) is 13.2 Å². The van der Waals surface area contributed by atoms with Crippen LogP contribution in [0.4, 0.5) is 0 Å². The van der Waals surface area contributed by atoms with Crippen molar-refractivity contribution >= 4 is 51.6 Å². The minimum Gasteiger partial charge on any atom is -0.501 e. The van der Waals surface area contributed by atoms with E-state index in [2.05, 4.69) is 5.32 Å². The van der Waals surface area contributed by atoms with E-state index in [9.17, 15) is 10.2 Å². The Morgan fingerprint density at radius 3 is 2.77 bits per heavy atom. The first-order chi connectivity index (χ1) is 12.6. The quantitative estimate of drug-likeness (QED) is 0.251. The number of hydrogen-bond acceptors (Lipinski definition) is 5. The maximum atomic E-state index is 10.8. The summed E-state index contributed by atoms with van der Waals surface area (Å²) < 4.78 is 7.54. The van der Waals surface area contributed by atoms with Gasteiger partial charge in [0, 0.05) is 11.6 Å². The molecule has 0 aromatic carbocycles. The van der Waals surface area contributed by atoms with Crippen LogP contribution < -0.4 is 9.88 Å². The van der Waals surface area contributed by atoms with Crippen molar-refractivity contribution in [1.82, 2.24) is 5.32 Å². The molecule has 3 aromatic rings. The Kier molecular flexibility index (Phi) is 6.05. The van der Waals surface area contributed by atoms with Crippen LogP contribution in [0.5, 0.6) is 0 Å². The maximum Gasteiger partial charge on any atom is 0.288 e. The number of rotatable bonds is 6. The fraction of sp³-hybridized carbons (Fsp3) is 0.111. The molecule has 0 amide bonds. The lowest BCUT2D eigenvalue weighted by molar-refractivity contribution is -0.576. The van der Waals surface area contributed by atoms with Crippen molar-refractivity contribution in [3.8, 4) is 0 Å². The van der Waals surface area contributed by atoms with E-state index in [4.69, 9.17) is 28.2 Å². The van der Waals surface area contributed by atoms with Gasteiger partial charge in [0.1, 0.15) is 5.76 Å². The first kappa shape index (κ1) is 18.6. The smallest absolute Gasteiger partial charge is 0.288 e. The number of thiophene rings is 1. The Balaban J connectivity index is 1.99. The zero-order valence-corrected chi connectivity index (χ0v) is 15.9. The lowest BCUT2D eigenvalue weighted by atomic mass is 10.2. The van der Waals surface area contributed by atoms with Crippen LogP contribution in [-0.4, -0.2) is 15.2 Å². The van der Waals surface area contributed by atoms with Gasteiger partial charge in [-0.3, -0.25) is 0 Å². The van der Waals surface area contributed by atoms with Crippen molar-refractivity contribution in [2.75, 3.05) is 0 Å². The molecular formula is C18H16ClN2O3S2+. The molecule has 26 heavy (non-hydrogen) atoms. The molecule has 0 bridgehead atoms. The minimum absolute atomic E-state index is 0.000986. The van der Waals surface area contributed by atoms with Gasteiger partial charge < -0.3 is 19.9 Å². The van der Waals surface area contributed by atoms with E-state index in [1.807, 2.05) is 6.07 Å². The summed E-state index contributed by atoms with van der Waals surface area (Å²) in [7, 11) is 0. The van der Waals surface area contributed by atoms with E-state index in [-0.39, 0.29) is 12.4 Å². The Morgan fingerprint density at radius 2 is 2.12 bits per heavy atom. The van der Waals surface area contributed by atoms with Gasteiger partial charge in [0.2, 0.25) is 5.76 Å². The van der Waals surface area contributed by atoms with Crippen LogP contribution >= 0.6 is 35.2 Å². The molecule has 0 radical (unpaired) electrons. The number of thiocarbonyl (C=S) groups is 1. The Labute approximate surface area is 164 Å². The summed E-state index contributed by atoms with van der Waals surface area (Å²) in [6, 6.07) is 10.6. The molecule has 0 aliphatic heterocycles. The first-order valence-electron chi connectivity index (χ1n) is 7.69. The van der Waals surface area contributed by atoms with Crippen LogP contribution in [0.25, 0.3) is 11.5 Å². The molecule has 134 valence electrons. The molecule has 0 aliphatic carbocycles. The van der Waals surface area contributed by atoms with Crippen molar-refractivity contribution in [3.05, 3.63) is 75.6 Å². The number of aromatic nitrogens is 1. The number of aliphatic hydroxyl groups is 2. The molecule has 0 fully saturated rings. The average molecular weight is 408 g/mol. The van der Waals surface area contributed by atoms with Crippen LogP contribution in [0.1, 0.15) is 16.2 Å². The maximum absolute atomic E-state index is 10.8. The summed E-state index contributed by atoms with van der Waals surface area (Å²) in [5, 5.41) is 23.3. The van der Waals surface area contributed by atoms with Crippen LogP contribution in [0.3, 0.4) is 0 Å². The number of aliphatic hydroxyl groups excluding tert-OH is 2. The van der Waals surface area contributed by atoms with Crippen LogP contribution in [0.15, 0.2) is 59.5 Å². The van der Waals surface area contributed by atoms with Gasteiger partial charge in [-0.15, -0.1) is 11.3 Å². The van der Waals surface area contributed by atoms with Gasteiger partial charge >= 0.3 is 0 Å². The molecule has 3 aromatic heterocycles. The number of furan rings is 1. The third-order valence-electron chi connectivity index (χ3n) is 3.55. The monoisotopic (exact) mass is 407 g/mol. The van der Waals surface area contributed by atoms with Crippen molar-refractivity contribution in [3.63, 3.8) is 0 Å². The molecule has 5 nitrogen and oxygen atoms in total. The van der Waals surface area contributed by atoms with E-state index in [1.165, 1.54) is 11.3 Å². The number of pyridine rings is 1. The van der Waals surface area contributed by atoms with E-state index in [0.29, 0.717) is 32.0 Å². The number of nitrogens with one attached hydrogen (secondary N) is 1. The third-order valence-corrected chi connectivity index (χ3v) is 5.13. The second kappa shape index (κ2) is 8.46. The lowest BCUT2D eigenvalue weighted by Gasteiger charge is -2.09. The fourth-order valence-electron chi connectivity index (χ4n) is 2.33. The molecule has 0 spiro atoms. The van der Waals surface area contributed by atoms with Gasteiger partial charge in [0.25, 0.3) is 5.70 Å². The second-order valence-corrected chi connectivity index (χ2v) is 7.46. The molecular weight excluding hydrogens is 392 g/mol. The molecule has 3 heterocycles. The standard InChI is InChI=1S/C18H15ClN2O3S2/c19-15-6-5-14(26-15)17(23)16(21-7-1-3-12(10-21)11-22)18(25)20-9-13-4-2-8-24-13/h1-8,10,22H,9,11H2,(H-,20,23,25)/p+1. The summed E-state index contributed by atoms with van der Waals surface area (Å²) in [6.07, 6.45) is 5.05. The van der Waals surface area contributed by atoms with Gasteiger partial charge in [-0.1, -0.05) is 23.8 Å². The Hall–Kier alpha value is -2.19. The van der Waals surface area contributed by atoms with Gasteiger partial charge in [-0.25, -0.2) is 0 Å². The zero-order chi connectivity index (χ0) is 18.5. The van der Waals surface area contributed by atoms with E-state index in [1.54, 1.807) is 53.6 Å². The highest BCUT2D eigenvalue weighted by Crippen LogP contribution is 2.28. The SMILES string of the molecule is OCc1ccc[n+](/C(C(=S)NCc2ccco2)=C(/O)c2ccc(Cl)s2)c1. The predicted octanol–water partition coefficient (Wildman–Crippen LogP) is 3.78. The zero-order valence-electron chi connectivity index (χ0n) is 13.6. The van der Waals surface area contributed by atoms with Crippen molar-refractivity contribution in [1.29, 1.82) is 0 Å². The summed E-state index contributed by atoms with van der Waals surface area (Å²) in [4.78, 5) is 0.928. The van der Waals surface area contributed by atoms with E-state index < -0.39 is 0 Å². The van der Waals surface area contributed by atoms with Gasteiger partial charge in [0.15, 0.2) is 17.4 Å². The average Bonchev–Trinajstić information content (AvgIpc) is 3.32. The minimum atomic E-state index is -0.119. The Morgan fingerprint density at radius 1 is 1.27 bits per heavy atom. The molecule has 0 saturated heterocycles. The first-order valence-corrected chi connectivity index (χ1v) is 9.29. The highest BCUT2D eigenvalue weighted by Gasteiger charge is 2.25. The van der Waals surface area contributed by atoms with Crippen molar-refractivity contribution < 1.29 is 19.2 Å². The lowest BCUT2D eigenvalue weighted by Crippen LogP contribution is -2.41. The number of nitrogens with zero attached hydrogens (tertiary/aromatic N) is 1. The molecule has 8 heteroatoms. The summed E-state index contributed by atoms with van der Waals surface area (Å²) in [6.45, 7) is 0.264. The molecule has 0 saturated carbocycles. The second-order valence-electron chi connectivity index (χ2n) is 5.34. The summed E-state index contributed by atoms with van der Waals surface area (Å²) in [5.41, 5.74) is 1.08. The van der Waals surface area contributed by atoms with Crippen molar-refractivity contribution in [2.24, 2.45) is 0 Å². The van der Waals surface area contributed by atoms with Crippen molar-refractivity contribution in [2.45, 2.75) is 13.2 Å². The van der Waals surface area contributed by atoms with E-state index >= 15 is 0 Å². The molecule has 3 rings (SSSR count). The number of hydrogen-bond donors (Lipinski definition) is 3. The van der Waals surface area contributed by atoms with Crippen LogP contribution in [0.2, 0.25) is 4.34 Å². The highest BCUT2D eigenvalue weighted by molar-refractivity contribution is 7.81. The van der Waals surface area contributed by atoms with E-state index in [0.717, 1.165) is 5.76 Å². The predicted molar refractivity (Wildman–Crippen MR) is 106 cm³/mol. The topological polar surface area (TPSA) is 69.5 Å². The molecule has 3 N–H and O–H groups in total. The highest BCUT2D eigenvalue weighted by atomic mass is 35.5. The van der Waals surface area contributed by atoms with Gasteiger partial charge in [-0.2, -0.15) is 4.57 Å². The molecule has 0 atom stereocenters. The normalized spacial score (nSPS) is 11.9. The van der Waals surface area contributed by atoms with Gasteiger partial charge in [-0.05, 0) is 30.3 Å². The largest absolute Gasteiger partial charge is 0.501 e. The fourth-order valence-corrected chi connectivity index (χ4v) is 3.59. The third kappa shape index (κ3) is 4.31. The summed E-state index contributed by atoms with van der Waals surface area (Å²) >= 11 is 12.8. The molecule has 0 unspecified atom stereocenters. The summed E-state index contributed by atoms with van der Waals surface area (Å²) in [5.74, 6) is 0.721.